The third-order valence-corrected chi connectivity index (χ3v) is 4.90. The molecule has 0 atom stereocenters. The third-order valence-electron chi connectivity index (χ3n) is 3.32. The van der Waals surface area contributed by atoms with Crippen molar-refractivity contribution in [2.75, 3.05) is 18.4 Å². The molecular weight excluding hydrogens is 360 g/mol. The van der Waals surface area contributed by atoms with Gasteiger partial charge in [-0.25, -0.2) is 4.98 Å². The van der Waals surface area contributed by atoms with Gasteiger partial charge in [0.25, 0.3) is 11.6 Å². The maximum Gasteiger partial charge on any atom is 0.270 e. The lowest BCUT2D eigenvalue weighted by molar-refractivity contribution is -0.384. The molecule has 1 amide bonds. The number of rotatable bonds is 7. The Hall–Kier alpha value is -2.78. The van der Waals surface area contributed by atoms with Gasteiger partial charge in [-0.2, -0.15) is 11.3 Å². The second-order valence-corrected chi connectivity index (χ2v) is 6.67. The number of non-ortho nitro benzene ring substituents is 1. The first kappa shape index (κ1) is 17.1. The van der Waals surface area contributed by atoms with Crippen molar-refractivity contribution in [3.05, 3.63) is 62.3 Å². The van der Waals surface area contributed by atoms with E-state index in [0.29, 0.717) is 18.8 Å². The Balaban J connectivity index is 1.46. The van der Waals surface area contributed by atoms with Gasteiger partial charge in [0.1, 0.15) is 10.7 Å². The second kappa shape index (κ2) is 7.86. The van der Waals surface area contributed by atoms with Crippen molar-refractivity contribution in [3.8, 4) is 10.6 Å². The molecule has 0 fully saturated rings. The minimum Gasteiger partial charge on any atom is -0.383 e. The summed E-state index contributed by atoms with van der Waals surface area (Å²) in [6.07, 6.45) is 0. The van der Waals surface area contributed by atoms with Crippen LogP contribution in [-0.4, -0.2) is 28.9 Å². The van der Waals surface area contributed by atoms with Gasteiger partial charge in [-0.1, -0.05) is 0 Å². The Kier molecular flexibility index (Phi) is 5.36. The first-order valence-corrected chi connectivity index (χ1v) is 9.20. The number of nitrogens with zero attached hydrogens (tertiary/aromatic N) is 2. The van der Waals surface area contributed by atoms with E-state index in [1.165, 1.54) is 23.5 Å². The molecule has 128 valence electrons. The van der Waals surface area contributed by atoms with Gasteiger partial charge in [-0.05, 0) is 23.6 Å². The number of anilines is 1. The molecule has 0 aliphatic rings. The monoisotopic (exact) mass is 374 g/mol. The summed E-state index contributed by atoms with van der Waals surface area (Å²) in [5, 5.41) is 23.0. The first-order chi connectivity index (χ1) is 12.1. The number of thiophene rings is 1. The molecule has 3 aromatic rings. The van der Waals surface area contributed by atoms with Crippen LogP contribution in [0.2, 0.25) is 0 Å². The molecule has 0 aliphatic heterocycles. The van der Waals surface area contributed by atoms with Crippen LogP contribution in [0.1, 0.15) is 10.5 Å². The van der Waals surface area contributed by atoms with Gasteiger partial charge in [-0.3, -0.25) is 14.9 Å². The summed E-state index contributed by atoms with van der Waals surface area (Å²) in [6, 6.07) is 8.10. The Bertz CT molecular complexity index is 860. The molecule has 7 nitrogen and oxygen atoms in total. The predicted octanol–water partition coefficient (Wildman–Crippen LogP) is 3.62. The van der Waals surface area contributed by atoms with Crippen molar-refractivity contribution in [1.82, 2.24) is 10.3 Å². The maximum atomic E-state index is 12.1. The van der Waals surface area contributed by atoms with Crippen LogP contribution in [-0.2, 0) is 0 Å². The van der Waals surface area contributed by atoms with Gasteiger partial charge in [0, 0.05) is 47.2 Å². The van der Waals surface area contributed by atoms with Crippen LogP contribution >= 0.6 is 22.7 Å². The number of hydrogen-bond acceptors (Lipinski definition) is 7. The van der Waals surface area contributed by atoms with E-state index in [4.69, 9.17) is 0 Å². The summed E-state index contributed by atoms with van der Waals surface area (Å²) in [5.41, 5.74) is 2.23. The standard InChI is InChI=1S/C16H14N4O3S2/c21-15(14-10-25-16(19-14)11-5-8-24-9-11)18-7-6-17-12-1-3-13(4-2-12)20(22)23/h1-5,8-10,17H,6-7H2,(H,18,21). The van der Waals surface area contributed by atoms with E-state index >= 15 is 0 Å². The number of nitro benzene ring substituents is 1. The summed E-state index contributed by atoms with van der Waals surface area (Å²) in [6.45, 7) is 0.923. The molecule has 0 aliphatic carbocycles. The number of benzene rings is 1. The zero-order valence-corrected chi connectivity index (χ0v) is 14.6. The highest BCUT2D eigenvalue weighted by Crippen LogP contribution is 2.25. The normalized spacial score (nSPS) is 10.4. The molecule has 0 saturated heterocycles. The molecule has 0 spiro atoms. The fraction of sp³-hybridized carbons (Fsp3) is 0.125. The van der Waals surface area contributed by atoms with Crippen LogP contribution in [0.3, 0.4) is 0 Å². The van der Waals surface area contributed by atoms with Gasteiger partial charge >= 0.3 is 0 Å². The van der Waals surface area contributed by atoms with Crippen LogP contribution in [0, 0.1) is 10.1 Å². The van der Waals surface area contributed by atoms with Gasteiger partial charge in [-0.15, -0.1) is 11.3 Å². The topological polar surface area (TPSA) is 97.2 Å². The quantitative estimate of drug-likeness (QED) is 0.374. The minimum atomic E-state index is -0.442. The number of aromatic nitrogens is 1. The first-order valence-electron chi connectivity index (χ1n) is 7.38. The van der Waals surface area contributed by atoms with Crippen molar-refractivity contribution in [3.63, 3.8) is 0 Å². The highest BCUT2D eigenvalue weighted by Gasteiger charge is 2.11. The molecule has 9 heteroatoms. The van der Waals surface area contributed by atoms with E-state index in [-0.39, 0.29) is 11.6 Å². The van der Waals surface area contributed by atoms with Gasteiger partial charge in [0.15, 0.2) is 0 Å². The molecule has 0 unspecified atom stereocenters. The summed E-state index contributed by atoms with van der Waals surface area (Å²) >= 11 is 3.03. The second-order valence-electron chi connectivity index (χ2n) is 5.04. The van der Waals surface area contributed by atoms with Crippen LogP contribution in [0.15, 0.2) is 46.5 Å². The summed E-state index contributed by atoms with van der Waals surface area (Å²) in [4.78, 5) is 26.6. The number of carbonyl (C=O) groups is 1. The van der Waals surface area contributed by atoms with Gasteiger partial charge < -0.3 is 10.6 Å². The fourth-order valence-corrected chi connectivity index (χ4v) is 3.58. The average Bonchev–Trinajstić information content (AvgIpc) is 3.29. The Morgan fingerprint density at radius 3 is 2.64 bits per heavy atom. The van der Waals surface area contributed by atoms with E-state index in [1.54, 1.807) is 28.8 Å². The molecule has 25 heavy (non-hydrogen) atoms. The predicted molar refractivity (Wildman–Crippen MR) is 99.3 cm³/mol. The number of carbonyl (C=O) groups excluding carboxylic acids is 1. The van der Waals surface area contributed by atoms with Crippen LogP contribution in [0.25, 0.3) is 10.6 Å². The van der Waals surface area contributed by atoms with E-state index in [1.807, 2.05) is 16.8 Å². The Labute approximate surface area is 151 Å². The highest BCUT2D eigenvalue weighted by atomic mass is 32.1. The largest absolute Gasteiger partial charge is 0.383 e. The van der Waals surface area contributed by atoms with E-state index in [2.05, 4.69) is 15.6 Å². The lowest BCUT2D eigenvalue weighted by Crippen LogP contribution is -2.28. The van der Waals surface area contributed by atoms with Crippen molar-refractivity contribution in [2.45, 2.75) is 0 Å². The Morgan fingerprint density at radius 2 is 1.96 bits per heavy atom. The molecule has 1 aromatic carbocycles. The molecule has 0 bridgehead atoms. The van der Waals surface area contributed by atoms with Crippen molar-refractivity contribution >= 4 is 40.0 Å². The van der Waals surface area contributed by atoms with E-state index < -0.39 is 4.92 Å². The van der Waals surface area contributed by atoms with Crippen LogP contribution < -0.4 is 10.6 Å². The van der Waals surface area contributed by atoms with Crippen LogP contribution in [0.4, 0.5) is 11.4 Å². The fourth-order valence-electron chi connectivity index (χ4n) is 2.07. The molecule has 3 rings (SSSR count). The molecule has 2 N–H and O–H groups in total. The number of nitrogens with one attached hydrogen (secondary N) is 2. The molecule has 0 saturated carbocycles. The SMILES string of the molecule is O=C(NCCNc1ccc([N+](=O)[O-])cc1)c1csc(-c2ccsc2)n1. The molecule has 2 heterocycles. The lowest BCUT2D eigenvalue weighted by atomic mass is 10.3. The Morgan fingerprint density at radius 1 is 1.16 bits per heavy atom. The average molecular weight is 374 g/mol. The lowest BCUT2D eigenvalue weighted by Gasteiger charge is -2.07. The summed E-state index contributed by atoms with van der Waals surface area (Å²) < 4.78 is 0. The molecule has 2 aromatic heterocycles. The molecule has 0 radical (unpaired) electrons. The highest BCUT2D eigenvalue weighted by molar-refractivity contribution is 7.14. The van der Waals surface area contributed by atoms with Crippen molar-refractivity contribution in [2.24, 2.45) is 0 Å². The van der Waals surface area contributed by atoms with Gasteiger partial charge in [0.05, 0.1) is 4.92 Å². The van der Waals surface area contributed by atoms with E-state index in [0.717, 1.165) is 16.3 Å². The third kappa shape index (κ3) is 4.40. The van der Waals surface area contributed by atoms with Crippen molar-refractivity contribution < 1.29 is 9.72 Å². The number of nitro groups is 1. The van der Waals surface area contributed by atoms with Gasteiger partial charge in [0.2, 0.25) is 0 Å². The van der Waals surface area contributed by atoms with E-state index in [9.17, 15) is 14.9 Å². The minimum absolute atomic E-state index is 0.0452. The zero-order valence-electron chi connectivity index (χ0n) is 13.0. The number of thiazole rings is 1. The zero-order chi connectivity index (χ0) is 17.6. The number of hydrogen-bond donors (Lipinski definition) is 2. The summed E-state index contributed by atoms with van der Waals surface area (Å²) in [7, 11) is 0. The molecular formula is C16H14N4O3S2. The maximum absolute atomic E-state index is 12.1. The van der Waals surface area contributed by atoms with Crippen molar-refractivity contribution in [1.29, 1.82) is 0 Å². The van der Waals surface area contributed by atoms with Crippen LogP contribution in [0.5, 0.6) is 0 Å². The number of amides is 1. The smallest absolute Gasteiger partial charge is 0.270 e. The summed E-state index contributed by atoms with van der Waals surface area (Å²) in [5.74, 6) is -0.219.